The molecule has 0 radical (unpaired) electrons. The fourth-order valence-corrected chi connectivity index (χ4v) is 1.02. The monoisotopic (exact) mass is 193 g/mol. The van der Waals surface area contributed by atoms with Gasteiger partial charge >= 0.3 is 5.97 Å². The molecule has 0 bridgehead atoms. The average Bonchev–Trinajstić information content (AvgIpc) is 2.18. The molecule has 0 saturated heterocycles. The Balaban J connectivity index is 3.27. The van der Waals surface area contributed by atoms with E-state index in [1.165, 1.54) is 18.2 Å². The van der Waals surface area contributed by atoms with Crippen molar-refractivity contribution in [3.8, 4) is 0 Å². The molecule has 0 aliphatic carbocycles. The topological polar surface area (TPSA) is 106 Å². The predicted octanol–water partition coefficient (Wildman–Crippen LogP) is 1.82. The summed E-state index contributed by atoms with van der Waals surface area (Å²) in [5.74, 6) is -1.16. The van der Waals surface area contributed by atoms with E-state index < -0.39 is 5.97 Å². The zero-order chi connectivity index (χ0) is 10.6. The molecule has 0 aromatic heterocycles. The van der Waals surface area contributed by atoms with Crippen LogP contribution in [0, 0.1) is 0 Å². The molecule has 0 saturated carbocycles. The van der Waals surface area contributed by atoms with Gasteiger partial charge in [0, 0.05) is 10.6 Å². The highest BCUT2D eigenvalue weighted by Crippen LogP contribution is 2.18. The van der Waals surface area contributed by atoms with Gasteiger partial charge in [0.05, 0.1) is 12.2 Å². The van der Waals surface area contributed by atoms with Crippen molar-refractivity contribution >= 4 is 11.7 Å². The number of aliphatic hydroxyl groups excluding tert-OH is 1. The number of carbonyl (C=O) groups is 1. The van der Waals surface area contributed by atoms with Crippen molar-refractivity contribution in [2.45, 2.75) is 6.61 Å². The summed E-state index contributed by atoms with van der Waals surface area (Å²) >= 11 is 0. The summed E-state index contributed by atoms with van der Waals surface area (Å²) in [5, 5.41) is 20.8. The van der Waals surface area contributed by atoms with Crippen molar-refractivity contribution in [3.63, 3.8) is 0 Å². The summed E-state index contributed by atoms with van der Waals surface area (Å²) in [6.07, 6.45) is 0. The number of aromatic carboxylic acids is 1. The fraction of sp³-hybridized carbons (Fsp3) is 0.125. The molecule has 72 valence electrons. The first-order valence-corrected chi connectivity index (χ1v) is 3.71. The van der Waals surface area contributed by atoms with Gasteiger partial charge in [0.15, 0.2) is 0 Å². The Hall–Kier alpha value is -2.04. The van der Waals surface area contributed by atoms with Crippen LogP contribution in [0.25, 0.3) is 10.4 Å². The average molecular weight is 193 g/mol. The molecular weight excluding hydrogens is 186 g/mol. The fourth-order valence-electron chi connectivity index (χ4n) is 1.02. The van der Waals surface area contributed by atoms with Crippen molar-refractivity contribution < 1.29 is 15.0 Å². The number of carboxylic acids is 1. The number of nitrogens with zero attached hydrogens (tertiary/aromatic N) is 3. The van der Waals surface area contributed by atoms with Crippen LogP contribution >= 0.6 is 0 Å². The summed E-state index contributed by atoms with van der Waals surface area (Å²) in [4.78, 5) is 13.2. The van der Waals surface area contributed by atoms with Gasteiger partial charge in [-0.1, -0.05) is 17.2 Å². The van der Waals surface area contributed by atoms with Crippen LogP contribution in [0.1, 0.15) is 15.9 Å². The Morgan fingerprint density at radius 1 is 1.57 bits per heavy atom. The second-order valence-corrected chi connectivity index (χ2v) is 2.49. The van der Waals surface area contributed by atoms with Crippen molar-refractivity contribution in [2.75, 3.05) is 0 Å². The molecule has 0 aliphatic heterocycles. The molecule has 6 nitrogen and oxygen atoms in total. The lowest BCUT2D eigenvalue weighted by molar-refractivity contribution is 0.0693. The third-order valence-electron chi connectivity index (χ3n) is 1.65. The maximum Gasteiger partial charge on any atom is 0.336 e. The van der Waals surface area contributed by atoms with Crippen LogP contribution in [-0.2, 0) is 6.61 Å². The van der Waals surface area contributed by atoms with E-state index >= 15 is 0 Å². The van der Waals surface area contributed by atoms with Gasteiger partial charge in [-0.15, -0.1) is 0 Å². The van der Waals surface area contributed by atoms with Crippen molar-refractivity contribution in [1.29, 1.82) is 0 Å². The van der Waals surface area contributed by atoms with Gasteiger partial charge in [-0.2, -0.15) is 0 Å². The SMILES string of the molecule is [N-]=[N+]=Nc1ccc(CO)c(C(=O)O)c1. The first kappa shape index (κ1) is 10.0. The van der Waals surface area contributed by atoms with Crippen molar-refractivity contribution in [2.24, 2.45) is 5.11 Å². The van der Waals surface area contributed by atoms with Crippen LogP contribution < -0.4 is 0 Å². The van der Waals surface area contributed by atoms with Crippen LogP contribution in [0.3, 0.4) is 0 Å². The van der Waals surface area contributed by atoms with E-state index in [4.69, 9.17) is 15.7 Å². The van der Waals surface area contributed by atoms with Gasteiger partial charge in [0.25, 0.3) is 0 Å². The summed E-state index contributed by atoms with van der Waals surface area (Å²) in [6.45, 7) is -0.363. The maximum atomic E-state index is 10.7. The highest BCUT2D eigenvalue weighted by molar-refractivity contribution is 5.90. The van der Waals surface area contributed by atoms with Crippen LogP contribution in [0.15, 0.2) is 23.3 Å². The highest BCUT2D eigenvalue weighted by atomic mass is 16.4. The summed E-state index contributed by atoms with van der Waals surface area (Å²) < 4.78 is 0. The summed E-state index contributed by atoms with van der Waals surface area (Å²) in [6, 6.07) is 4.07. The van der Waals surface area contributed by atoms with Gasteiger partial charge < -0.3 is 10.2 Å². The van der Waals surface area contributed by atoms with Gasteiger partial charge in [-0.05, 0) is 17.2 Å². The van der Waals surface area contributed by atoms with E-state index in [0.717, 1.165) is 0 Å². The molecule has 0 heterocycles. The van der Waals surface area contributed by atoms with Crippen LogP contribution in [0.2, 0.25) is 0 Å². The molecular formula is C8H7N3O3. The molecule has 1 aromatic carbocycles. The minimum atomic E-state index is -1.16. The van der Waals surface area contributed by atoms with Gasteiger partial charge in [-0.3, -0.25) is 0 Å². The van der Waals surface area contributed by atoms with Gasteiger partial charge in [-0.25, -0.2) is 4.79 Å². The Morgan fingerprint density at radius 3 is 2.79 bits per heavy atom. The normalized spacial score (nSPS) is 9.21. The quantitative estimate of drug-likeness (QED) is 0.434. The van der Waals surface area contributed by atoms with Crippen LogP contribution in [-0.4, -0.2) is 16.2 Å². The van der Waals surface area contributed by atoms with Gasteiger partial charge in [0.1, 0.15) is 0 Å². The van der Waals surface area contributed by atoms with Crippen molar-refractivity contribution in [1.82, 2.24) is 0 Å². The highest BCUT2D eigenvalue weighted by Gasteiger charge is 2.09. The first-order valence-electron chi connectivity index (χ1n) is 3.71. The number of benzene rings is 1. The predicted molar refractivity (Wildman–Crippen MR) is 48.1 cm³/mol. The van der Waals surface area contributed by atoms with E-state index in [-0.39, 0.29) is 23.4 Å². The molecule has 0 spiro atoms. The van der Waals surface area contributed by atoms with E-state index in [9.17, 15) is 4.79 Å². The summed E-state index contributed by atoms with van der Waals surface area (Å²) in [5.41, 5.74) is 8.58. The van der Waals surface area contributed by atoms with E-state index in [1.54, 1.807) is 0 Å². The molecule has 1 rings (SSSR count). The van der Waals surface area contributed by atoms with Crippen LogP contribution in [0.4, 0.5) is 5.69 Å². The molecule has 2 N–H and O–H groups in total. The minimum Gasteiger partial charge on any atom is -0.478 e. The molecule has 0 fully saturated rings. The Morgan fingerprint density at radius 2 is 2.29 bits per heavy atom. The molecule has 0 aliphatic rings. The second kappa shape index (κ2) is 4.27. The lowest BCUT2D eigenvalue weighted by Crippen LogP contribution is -2.01. The molecule has 1 aromatic rings. The number of carboxylic acid groups (broad SMARTS) is 1. The van der Waals surface area contributed by atoms with E-state index in [0.29, 0.717) is 0 Å². The number of hydrogen-bond donors (Lipinski definition) is 2. The first-order chi connectivity index (χ1) is 6.69. The Kier molecular flexibility index (Phi) is 3.06. The lowest BCUT2D eigenvalue weighted by atomic mass is 10.1. The largest absolute Gasteiger partial charge is 0.478 e. The smallest absolute Gasteiger partial charge is 0.336 e. The Bertz CT molecular complexity index is 410. The summed E-state index contributed by atoms with van der Waals surface area (Å²) in [7, 11) is 0. The molecule has 0 unspecified atom stereocenters. The molecule has 6 heteroatoms. The zero-order valence-corrected chi connectivity index (χ0v) is 7.08. The lowest BCUT2D eigenvalue weighted by Gasteiger charge is -2.02. The number of rotatable bonds is 3. The zero-order valence-electron chi connectivity index (χ0n) is 7.08. The van der Waals surface area contributed by atoms with E-state index in [1.807, 2.05) is 0 Å². The third kappa shape index (κ3) is 2.01. The second-order valence-electron chi connectivity index (χ2n) is 2.49. The van der Waals surface area contributed by atoms with Crippen molar-refractivity contribution in [3.05, 3.63) is 39.8 Å². The number of azide groups is 1. The number of hydrogen-bond acceptors (Lipinski definition) is 3. The van der Waals surface area contributed by atoms with E-state index in [2.05, 4.69) is 10.0 Å². The molecule has 0 atom stereocenters. The maximum absolute atomic E-state index is 10.7. The number of aliphatic hydroxyl groups is 1. The minimum absolute atomic E-state index is 0.0580. The van der Waals surface area contributed by atoms with Gasteiger partial charge in [0.2, 0.25) is 0 Å². The van der Waals surface area contributed by atoms with Crippen LogP contribution in [0.5, 0.6) is 0 Å². The Labute approximate surface area is 79.0 Å². The third-order valence-corrected chi connectivity index (χ3v) is 1.65. The molecule has 0 amide bonds. The standard InChI is InChI=1S/C8H7N3O3/c9-11-10-6-2-1-5(4-12)7(3-6)8(13)14/h1-3,12H,4H2,(H,13,14). The molecule has 14 heavy (non-hydrogen) atoms.